The average Bonchev–Trinajstić information content (AvgIpc) is 3.60. The van der Waals surface area contributed by atoms with Crippen LogP contribution in [0.15, 0.2) is 30.6 Å². The highest BCUT2D eigenvalue weighted by Crippen LogP contribution is 2.40. The third-order valence-corrected chi connectivity index (χ3v) is 7.02. The van der Waals surface area contributed by atoms with Gasteiger partial charge in [0.1, 0.15) is 22.9 Å². The van der Waals surface area contributed by atoms with Gasteiger partial charge in [0.15, 0.2) is 5.65 Å². The van der Waals surface area contributed by atoms with Crippen LogP contribution in [-0.2, 0) is 4.74 Å². The Bertz CT molecular complexity index is 1450. The molecule has 2 atom stereocenters. The summed E-state index contributed by atoms with van der Waals surface area (Å²) in [5.74, 6) is -0.311. The molecule has 0 N–H and O–H groups in total. The predicted molar refractivity (Wildman–Crippen MR) is 126 cm³/mol. The molecule has 2 fully saturated rings. The molecule has 0 unspecified atom stereocenters. The summed E-state index contributed by atoms with van der Waals surface area (Å²) in [6.45, 7) is 4.17. The van der Waals surface area contributed by atoms with Crippen molar-refractivity contribution in [3.05, 3.63) is 64.7 Å². The highest BCUT2D eigenvalue weighted by Gasteiger charge is 2.31. The minimum absolute atomic E-state index is 0.0528. The number of hydrogen-bond acceptors (Lipinski definition) is 6. The molecule has 7 nitrogen and oxygen atoms in total. The van der Waals surface area contributed by atoms with Crippen molar-refractivity contribution < 1.29 is 17.9 Å². The van der Waals surface area contributed by atoms with Crippen molar-refractivity contribution in [2.45, 2.75) is 64.0 Å². The van der Waals surface area contributed by atoms with E-state index < -0.39 is 12.2 Å². The summed E-state index contributed by atoms with van der Waals surface area (Å²) >= 11 is 0. The largest absolute Gasteiger partial charge is 0.373 e. The molecule has 4 heterocycles. The van der Waals surface area contributed by atoms with Crippen LogP contribution >= 0.6 is 0 Å². The first-order valence-electron chi connectivity index (χ1n) is 12.1. The Morgan fingerprint density at radius 3 is 2.58 bits per heavy atom. The van der Waals surface area contributed by atoms with E-state index in [1.165, 1.54) is 12.1 Å². The normalized spacial score (nSPS) is 20.4. The van der Waals surface area contributed by atoms with Gasteiger partial charge < -0.3 is 4.74 Å². The fraction of sp³-hybridized carbons (Fsp3) is 0.423. The fourth-order valence-corrected chi connectivity index (χ4v) is 4.68. The van der Waals surface area contributed by atoms with Gasteiger partial charge in [0.2, 0.25) is 0 Å². The monoisotopic (exact) mass is 494 g/mol. The second kappa shape index (κ2) is 8.92. The van der Waals surface area contributed by atoms with Crippen molar-refractivity contribution in [3.8, 4) is 11.3 Å². The van der Waals surface area contributed by atoms with E-state index in [9.17, 15) is 8.78 Å². The maximum Gasteiger partial charge on any atom is 0.263 e. The lowest BCUT2D eigenvalue weighted by Gasteiger charge is -2.28. The topological polar surface area (TPSA) is 78.6 Å². The summed E-state index contributed by atoms with van der Waals surface area (Å²) < 4.78 is 49.4. The number of nitrogens with zero attached hydrogens (tertiary/aromatic N) is 6. The number of ether oxygens (including phenoxy) is 1. The molecule has 36 heavy (non-hydrogen) atoms. The van der Waals surface area contributed by atoms with Gasteiger partial charge in [0.05, 0.1) is 29.7 Å². The molecule has 1 saturated carbocycles. The van der Waals surface area contributed by atoms with Crippen LogP contribution in [0.1, 0.15) is 78.5 Å². The standard InChI is InChI=1S/C26H25F3N6O/c1-13-14(2)32-26-23(31-13)22(19-6-3-15(24(28)29)9-20(19)27)33-25(34-26)16-7-8-36-21(10-16)17-11-30-35(12-17)18-4-5-18/h3,6,9,11-12,16,18,21,24H,4-5,7-8,10H2,1-2H3/t16-,21+/m0/s1. The molecule has 0 radical (unpaired) electrons. The number of aromatic nitrogens is 6. The average molecular weight is 495 g/mol. The summed E-state index contributed by atoms with van der Waals surface area (Å²) in [6, 6.07) is 3.89. The Morgan fingerprint density at radius 2 is 1.83 bits per heavy atom. The highest BCUT2D eigenvalue weighted by atomic mass is 19.3. The van der Waals surface area contributed by atoms with E-state index in [1.807, 2.05) is 17.8 Å². The van der Waals surface area contributed by atoms with E-state index in [0.717, 1.165) is 24.5 Å². The van der Waals surface area contributed by atoms with E-state index in [-0.39, 0.29) is 28.8 Å². The Balaban J connectivity index is 1.41. The smallest absolute Gasteiger partial charge is 0.263 e. The summed E-state index contributed by atoms with van der Waals surface area (Å²) in [5.41, 5.74) is 3.08. The van der Waals surface area contributed by atoms with Crippen molar-refractivity contribution in [2.75, 3.05) is 6.61 Å². The molecule has 1 saturated heterocycles. The van der Waals surface area contributed by atoms with Crippen molar-refractivity contribution in [1.82, 2.24) is 29.7 Å². The Kier molecular flexibility index (Phi) is 5.70. The predicted octanol–water partition coefficient (Wildman–Crippen LogP) is 5.95. The maximum atomic E-state index is 15.1. The van der Waals surface area contributed by atoms with Gasteiger partial charge in [0, 0.05) is 35.4 Å². The molecule has 3 aromatic heterocycles. The zero-order valence-corrected chi connectivity index (χ0v) is 20.0. The summed E-state index contributed by atoms with van der Waals surface area (Å²) in [6.07, 6.45) is 4.64. The molecule has 6 rings (SSSR count). The number of aryl methyl sites for hydroxylation is 2. The first kappa shape index (κ1) is 23.0. The van der Waals surface area contributed by atoms with Crippen LogP contribution < -0.4 is 0 Å². The van der Waals surface area contributed by atoms with Gasteiger partial charge in [-0.1, -0.05) is 6.07 Å². The molecule has 0 amide bonds. The lowest BCUT2D eigenvalue weighted by molar-refractivity contribution is 0.00396. The quantitative estimate of drug-likeness (QED) is 0.341. The van der Waals surface area contributed by atoms with Gasteiger partial charge in [-0.25, -0.2) is 33.1 Å². The van der Waals surface area contributed by atoms with Crippen molar-refractivity contribution >= 4 is 11.2 Å². The minimum Gasteiger partial charge on any atom is -0.373 e. The van der Waals surface area contributed by atoms with Crippen molar-refractivity contribution in [2.24, 2.45) is 0 Å². The van der Waals surface area contributed by atoms with Crippen LogP contribution in [-0.4, -0.2) is 36.3 Å². The number of halogens is 3. The van der Waals surface area contributed by atoms with E-state index in [4.69, 9.17) is 14.7 Å². The lowest BCUT2D eigenvalue weighted by Crippen LogP contribution is -2.20. The molecule has 1 aliphatic heterocycles. The van der Waals surface area contributed by atoms with Crippen molar-refractivity contribution in [1.29, 1.82) is 0 Å². The molecule has 1 aromatic carbocycles. The molecule has 4 aromatic rings. The van der Waals surface area contributed by atoms with Crippen molar-refractivity contribution in [3.63, 3.8) is 0 Å². The van der Waals surface area contributed by atoms with Gasteiger partial charge in [-0.15, -0.1) is 0 Å². The van der Waals surface area contributed by atoms with Gasteiger partial charge in [-0.05, 0) is 51.7 Å². The molecule has 1 aliphatic carbocycles. The minimum atomic E-state index is -2.76. The zero-order chi connectivity index (χ0) is 25.0. The molecule has 186 valence electrons. The SMILES string of the molecule is Cc1nc2nc([C@H]3CCO[C@@H](c4cnn(C5CC5)c4)C3)nc(-c3ccc(C(F)F)cc3F)c2nc1C. The van der Waals surface area contributed by atoms with Gasteiger partial charge in [-0.3, -0.25) is 4.68 Å². The Hall–Kier alpha value is -3.40. The van der Waals surface area contributed by atoms with E-state index in [2.05, 4.69) is 21.3 Å². The number of hydrogen-bond donors (Lipinski definition) is 0. The maximum absolute atomic E-state index is 15.1. The van der Waals surface area contributed by atoms with E-state index >= 15 is 4.39 Å². The van der Waals surface area contributed by atoms with E-state index in [1.54, 1.807) is 6.92 Å². The number of alkyl halides is 2. The number of rotatable bonds is 5. The van der Waals surface area contributed by atoms with Crippen LogP contribution in [0.2, 0.25) is 0 Å². The van der Waals surface area contributed by atoms with Crippen LogP contribution in [0, 0.1) is 19.7 Å². The molecule has 0 spiro atoms. The second-order valence-electron chi connectivity index (χ2n) is 9.60. The molecule has 10 heteroatoms. The van der Waals surface area contributed by atoms with Crippen LogP contribution in [0.4, 0.5) is 13.2 Å². The van der Waals surface area contributed by atoms with E-state index in [0.29, 0.717) is 53.9 Å². The number of fused-ring (bicyclic) bond motifs is 1. The molecule has 2 aliphatic rings. The van der Waals surface area contributed by atoms with Crippen LogP contribution in [0.5, 0.6) is 0 Å². The zero-order valence-electron chi connectivity index (χ0n) is 20.0. The molecular weight excluding hydrogens is 469 g/mol. The Morgan fingerprint density at radius 1 is 1.03 bits per heavy atom. The fourth-order valence-electron chi connectivity index (χ4n) is 4.68. The van der Waals surface area contributed by atoms with Crippen LogP contribution in [0.25, 0.3) is 22.4 Å². The van der Waals surface area contributed by atoms with Gasteiger partial charge >= 0.3 is 0 Å². The molecular formula is C26H25F3N6O. The highest BCUT2D eigenvalue weighted by molar-refractivity contribution is 5.87. The van der Waals surface area contributed by atoms with Gasteiger partial charge in [0.25, 0.3) is 6.43 Å². The molecule has 0 bridgehead atoms. The third-order valence-electron chi connectivity index (χ3n) is 7.02. The summed E-state index contributed by atoms with van der Waals surface area (Å²) in [5, 5.41) is 4.49. The first-order valence-corrected chi connectivity index (χ1v) is 12.1. The number of benzene rings is 1. The van der Waals surface area contributed by atoms with Crippen LogP contribution in [0.3, 0.4) is 0 Å². The summed E-state index contributed by atoms with van der Waals surface area (Å²) in [4.78, 5) is 18.7. The van der Waals surface area contributed by atoms with Gasteiger partial charge in [-0.2, -0.15) is 5.10 Å². The Labute approximate surface area is 205 Å². The summed E-state index contributed by atoms with van der Waals surface area (Å²) in [7, 11) is 0. The third kappa shape index (κ3) is 4.23. The second-order valence-corrected chi connectivity index (χ2v) is 9.60. The first-order chi connectivity index (χ1) is 17.4. The lowest BCUT2D eigenvalue weighted by atomic mass is 9.92.